The van der Waals surface area contributed by atoms with E-state index in [0.29, 0.717) is 22.5 Å². The van der Waals surface area contributed by atoms with Crippen molar-refractivity contribution in [2.45, 2.75) is 6.92 Å². The van der Waals surface area contributed by atoms with E-state index in [9.17, 15) is 9.50 Å². The first-order chi connectivity index (χ1) is 7.50. The van der Waals surface area contributed by atoms with Gasteiger partial charge in [-0.05, 0) is 24.6 Å². The molecule has 16 heavy (non-hydrogen) atoms. The molecule has 0 aliphatic rings. The first-order valence-corrected chi connectivity index (χ1v) is 4.77. The number of nitrogen functional groups attached to an aromatic ring is 1. The summed E-state index contributed by atoms with van der Waals surface area (Å²) in [5.74, 6) is 0.00922. The number of aromatic hydroxyl groups is 1. The molecule has 0 saturated carbocycles. The number of nitrogens with zero attached hydrogens (tertiary/aromatic N) is 2. The molecule has 84 valence electrons. The van der Waals surface area contributed by atoms with E-state index in [1.807, 2.05) is 0 Å². The number of benzene rings is 1. The average molecular weight is 221 g/mol. The van der Waals surface area contributed by atoms with Crippen LogP contribution < -0.4 is 5.73 Å². The summed E-state index contributed by atoms with van der Waals surface area (Å²) >= 11 is 0. The van der Waals surface area contributed by atoms with Crippen molar-refractivity contribution in [3.8, 4) is 16.9 Å². The van der Waals surface area contributed by atoms with E-state index in [0.717, 1.165) is 0 Å². The van der Waals surface area contributed by atoms with E-state index >= 15 is 0 Å². The number of hydrogen-bond donors (Lipinski definition) is 2. The van der Waals surface area contributed by atoms with Gasteiger partial charge in [-0.1, -0.05) is 0 Å². The third-order valence-corrected chi connectivity index (χ3v) is 2.54. The van der Waals surface area contributed by atoms with Crippen molar-refractivity contribution in [1.82, 2.24) is 9.78 Å². The molecule has 0 spiro atoms. The Morgan fingerprint density at radius 3 is 2.62 bits per heavy atom. The van der Waals surface area contributed by atoms with Crippen molar-refractivity contribution in [2.24, 2.45) is 7.05 Å². The van der Waals surface area contributed by atoms with Gasteiger partial charge in [-0.2, -0.15) is 5.10 Å². The van der Waals surface area contributed by atoms with Crippen molar-refractivity contribution >= 4 is 5.82 Å². The molecule has 0 saturated heterocycles. The second-order valence-electron chi connectivity index (χ2n) is 3.69. The number of aromatic nitrogens is 2. The lowest BCUT2D eigenvalue weighted by Crippen LogP contribution is -1.98. The molecule has 2 rings (SSSR count). The summed E-state index contributed by atoms with van der Waals surface area (Å²) in [4.78, 5) is 0. The molecule has 0 atom stereocenters. The van der Waals surface area contributed by atoms with Crippen molar-refractivity contribution < 1.29 is 9.50 Å². The fraction of sp³-hybridized carbons (Fsp3) is 0.182. The number of aryl methyl sites for hydroxylation is 2. The maximum atomic E-state index is 13.3. The topological polar surface area (TPSA) is 64.1 Å². The Hall–Kier alpha value is -2.04. The zero-order chi connectivity index (χ0) is 11.9. The molecule has 0 unspecified atom stereocenters. The highest BCUT2D eigenvalue weighted by molar-refractivity contribution is 5.79. The fourth-order valence-electron chi connectivity index (χ4n) is 1.60. The number of phenols is 1. The number of nitrogens with two attached hydrogens (primary N) is 1. The third-order valence-electron chi connectivity index (χ3n) is 2.54. The summed E-state index contributed by atoms with van der Waals surface area (Å²) in [6.45, 7) is 1.63. The van der Waals surface area contributed by atoms with Crippen LogP contribution in [-0.4, -0.2) is 14.9 Å². The molecule has 1 heterocycles. The number of anilines is 1. The van der Waals surface area contributed by atoms with Crippen LogP contribution in [0.5, 0.6) is 5.75 Å². The first kappa shape index (κ1) is 10.5. The zero-order valence-electron chi connectivity index (χ0n) is 9.03. The molecule has 1 aromatic carbocycles. The molecule has 1 aromatic heterocycles. The molecule has 4 nitrogen and oxygen atoms in total. The van der Waals surface area contributed by atoms with Gasteiger partial charge in [0.15, 0.2) is 0 Å². The van der Waals surface area contributed by atoms with Gasteiger partial charge in [0.05, 0.1) is 6.20 Å². The largest absolute Gasteiger partial charge is 0.507 e. The lowest BCUT2D eigenvalue weighted by Gasteiger charge is -2.07. The highest BCUT2D eigenvalue weighted by atomic mass is 19.1. The number of phenolic OH excluding ortho intramolecular Hbond substituents is 1. The highest BCUT2D eigenvalue weighted by Gasteiger charge is 2.14. The van der Waals surface area contributed by atoms with Crippen LogP contribution in [0, 0.1) is 12.7 Å². The predicted octanol–water partition coefficient (Wildman–Crippen LogP) is 1.82. The van der Waals surface area contributed by atoms with Gasteiger partial charge in [0.2, 0.25) is 0 Å². The van der Waals surface area contributed by atoms with Crippen molar-refractivity contribution in [3.63, 3.8) is 0 Å². The summed E-state index contributed by atoms with van der Waals surface area (Å²) in [6, 6.07) is 2.51. The second kappa shape index (κ2) is 3.52. The van der Waals surface area contributed by atoms with Gasteiger partial charge in [-0.3, -0.25) is 4.68 Å². The second-order valence-corrected chi connectivity index (χ2v) is 3.69. The van der Waals surface area contributed by atoms with Crippen LogP contribution >= 0.6 is 0 Å². The van der Waals surface area contributed by atoms with Gasteiger partial charge in [-0.15, -0.1) is 0 Å². The van der Waals surface area contributed by atoms with Crippen LogP contribution in [0.2, 0.25) is 0 Å². The SMILES string of the molecule is Cc1cc(F)cc(-c2cnn(C)c2N)c1O. The van der Waals surface area contributed by atoms with Crippen molar-refractivity contribution in [1.29, 1.82) is 0 Å². The molecule has 2 aromatic rings. The Bertz CT molecular complexity index is 548. The molecule has 0 radical (unpaired) electrons. The number of halogens is 1. The van der Waals surface area contributed by atoms with Crippen LogP contribution in [-0.2, 0) is 7.05 Å². The van der Waals surface area contributed by atoms with E-state index < -0.39 is 5.82 Å². The Labute approximate surface area is 92.1 Å². The van der Waals surface area contributed by atoms with Crippen LogP contribution in [0.25, 0.3) is 11.1 Å². The summed E-state index contributed by atoms with van der Waals surface area (Å²) < 4.78 is 14.7. The van der Waals surface area contributed by atoms with Crippen LogP contribution in [0.4, 0.5) is 10.2 Å². The normalized spacial score (nSPS) is 10.7. The maximum absolute atomic E-state index is 13.3. The summed E-state index contributed by atoms with van der Waals surface area (Å²) in [6.07, 6.45) is 1.50. The quantitative estimate of drug-likeness (QED) is 0.772. The minimum Gasteiger partial charge on any atom is -0.507 e. The lowest BCUT2D eigenvalue weighted by molar-refractivity contribution is 0.471. The summed E-state index contributed by atoms with van der Waals surface area (Å²) in [7, 11) is 1.68. The number of rotatable bonds is 1. The number of hydrogen-bond acceptors (Lipinski definition) is 3. The summed E-state index contributed by atoms with van der Waals surface area (Å²) in [5, 5.41) is 13.8. The van der Waals surface area contributed by atoms with Gasteiger partial charge in [0.1, 0.15) is 17.4 Å². The molecule has 3 N–H and O–H groups in total. The Balaban J connectivity index is 2.69. The van der Waals surface area contributed by atoms with E-state index in [4.69, 9.17) is 5.73 Å². The molecule has 0 amide bonds. The highest BCUT2D eigenvalue weighted by Crippen LogP contribution is 2.35. The minimum absolute atomic E-state index is 0.0288. The smallest absolute Gasteiger partial charge is 0.129 e. The standard InChI is InChI=1S/C11H12FN3O/c1-6-3-7(12)4-8(10(6)16)9-5-14-15(2)11(9)13/h3-5,16H,13H2,1-2H3. The minimum atomic E-state index is -0.409. The fourth-order valence-corrected chi connectivity index (χ4v) is 1.60. The maximum Gasteiger partial charge on any atom is 0.129 e. The van der Waals surface area contributed by atoms with Crippen LogP contribution in [0.15, 0.2) is 18.3 Å². The molecule has 5 heteroatoms. The van der Waals surface area contributed by atoms with Crippen molar-refractivity contribution in [2.75, 3.05) is 5.73 Å². The first-order valence-electron chi connectivity index (χ1n) is 4.77. The van der Waals surface area contributed by atoms with Crippen LogP contribution in [0.1, 0.15) is 5.56 Å². The molecule has 0 bridgehead atoms. The van der Waals surface area contributed by atoms with Gasteiger partial charge < -0.3 is 10.8 Å². The van der Waals surface area contributed by atoms with Gasteiger partial charge >= 0.3 is 0 Å². The van der Waals surface area contributed by atoms with E-state index in [-0.39, 0.29) is 5.75 Å². The van der Waals surface area contributed by atoms with Crippen LogP contribution in [0.3, 0.4) is 0 Å². The zero-order valence-corrected chi connectivity index (χ0v) is 9.03. The molecular formula is C11H12FN3O. The summed E-state index contributed by atoms with van der Waals surface area (Å²) in [5.41, 5.74) is 7.14. The molecule has 0 aliphatic carbocycles. The molecular weight excluding hydrogens is 209 g/mol. The lowest BCUT2D eigenvalue weighted by atomic mass is 10.0. The Morgan fingerprint density at radius 1 is 1.38 bits per heavy atom. The average Bonchev–Trinajstić information content (AvgIpc) is 2.54. The Kier molecular flexibility index (Phi) is 2.30. The predicted molar refractivity (Wildman–Crippen MR) is 59.4 cm³/mol. The third kappa shape index (κ3) is 1.50. The van der Waals surface area contributed by atoms with Gasteiger partial charge in [-0.25, -0.2) is 4.39 Å². The Morgan fingerprint density at radius 2 is 2.06 bits per heavy atom. The molecule has 0 fully saturated rings. The monoisotopic (exact) mass is 221 g/mol. The van der Waals surface area contributed by atoms with Crippen molar-refractivity contribution in [3.05, 3.63) is 29.7 Å². The van der Waals surface area contributed by atoms with E-state index in [2.05, 4.69) is 5.10 Å². The van der Waals surface area contributed by atoms with E-state index in [1.54, 1.807) is 14.0 Å². The van der Waals surface area contributed by atoms with E-state index in [1.165, 1.54) is 23.0 Å². The molecule has 0 aliphatic heterocycles. The van der Waals surface area contributed by atoms with Gasteiger partial charge in [0.25, 0.3) is 0 Å². The van der Waals surface area contributed by atoms with Gasteiger partial charge in [0, 0.05) is 18.2 Å².